The fourth-order valence-electron chi connectivity index (χ4n) is 2.38. The molecule has 5 nitrogen and oxygen atoms in total. The van der Waals surface area contributed by atoms with Crippen LogP contribution in [-0.4, -0.2) is 46.5 Å². The zero-order chi connectivity index (χ0) is 19.1. The molecule has 0 radical (unpaired) electrons. The first-order valence-corrected chi connectivity index (χ1v) is 10.3. The van der Waals surface area contributed by atoms with Gasteiger partial charge in [0.2, 0.25) is 0 Å². The molecule has 0 atom stereocenters. The number of benzene rings is 1. The van der Waals surface area contributed by atoms with Crippen LogP contribution in [0.25, 0.3) is 0 Å². The van der Waals surface area contributed by atoms with E-state index in [2.05, 4.69) is 17.1 Å². The van der Waals surface area contributed by atoms with E-state index in [0.717, 1.165) is 31.8 Å². The third-order valence-corrected chi connectivity index (χ3v) is 6.26. The van der Waals surface area contributed by atoms with Crippen molar-refractivity contribution in [3.8, 4) is 0 Å². The normalized spacial score (nSPS) is 14.8. The molecule has 0 bridgehead atoms. The largest absolute Gasteiger partial charge is 0.455 e. The Morgan fingerprint density at radius 3 is 2.73 bits per heavy atom. The van der Waals surface area contributed by atoms with Crippen LogP contribution < -0.4 is 5.32 Å². The molecule has 0 aromatic heterocycles. The number of carbonyl (C=O) groups excluding carboxylic acids is 2. The summed E-state index contributed by atoms with van der Waals surface area (Å²) in [6, 6.07) is 4.89. The number of ether oxygens (including phenoxy) is 1. The fraction of sp³-hybridized carbons (Fsp3) is 0.471. The van der Waals surface area contributed by atoms with Crippen molar-refractivity contribution in [3.63, 3.8) is 0 Å². The van der Waals surface area contributed by atoms with Crippen LogP contribution in [0.3, 0.4) is 0 Å². The van der Waals surface area contributed by atoms with Gasteiger partial charge in [0, 0.05) is 13.1 Å². The lowest BCUT2D eigenvalue weighted by Crippen LogP contribution is -2.36. The first kappa shape index (κ1) is 21.3. The Bertz CT molecular complexity index is 680. The molecule has 0 unspecified atom stereocenters. The third kappa shape index (κ3) is 6.61. The van der Waals surface area contributed by atoms with Crippen molar-refractivity contribution in [1.29, 1.82) is 0 Å². The lowest BCUT2D eigenvalue weighted by molar-refractivity contribution is -0.144. The summed E-state index contributed by atoms with van der Waals surface area (Å²) < 4.78 is 5.67. The SMILES string of the molecule is CC1CCN(C(=S)SCC(=O)OCC(=O)Nc2cccc(Cl)c2Cl)CC1. The van der Waals surface area contributed by atoms with Crippen molar-refractivity contribution in [1.82, 2.24) is 4.90 Å². The number of amides is 1. The first-order valence-electron chi connectivity index (χ1n) is 8.18. The summed E-state index contributed by atoms with van der Waals surface area (Å²) in [6.07, 6.45) is 2.22. The highest BCUT2D eigenvalue weighted by atomic mass is 35.5. The average Bonchev–Trinajstić information content (AvgIpc) is 2.62. The number of anilines is 1. The second-order valence-electron chi connectivity index (χ2n) is 6.03. The van der Waals surface area contributed by atoms with Gasteiger partial charge in [-0.1, -0.05) is 60.2 Å². The summed E-state index contributed by atoms with van der Waals surface area (Å²) >= 11 is 18.5. The topological polar surface area (TPSA) is 58.6 Å². The van der Waals surface area contributed by atoms with Crippen molar-refractivity contribution in [2.24, 2.45) is 5.92 Å². The van der Waals surface area contributed by atoms with E-state index in [1.54, 1.807) is 18.2 Å². The molecule has 2 rings (SSSR count). The molecule has 0 spiro atoms. The van der Waals surface area contributed by atoms with E-state index in [4.69, 9.17) is 40.2 Å². The summed E-state index contributed by atoms with van der Waals surface area (Å²) in [4.78, 5) is 25.8. The number of halogens is 2. The van der Waals surface area contributed by atoms with Gasteiger partial charge in [-0.25, -0.2) is 0 Å². The van der Waals surface area contributed by atoms with E-state index >= 15 is 0 Å². The van der Waals surface area contributed by atoms with E-state index in [9.17, 15) is 9.59 Å². The molecule has 1 aliphatic heterocycles. The second-order valence-corrected chi connectivity index (χ2v) is 8.43. The van der Waals surface area contributed by atoms with Gasteiger partial charge >= 0.3 is 5.97 Å². The molecule has 1 heterocycles. The highest BCUT2D eigenvalue weighted by Crippen LogP contribution is 2.29. The Morgan fingerprint density at radius 1 is 1.35 bits per heavy atom. The van der Waals surface area contributed by atoms with Crippen molar-refractivity contribution < 1.29 is 14.3 Å². The third-order valence-electron chi connectivity index (χ3n) is 3.95. The minimum atomic E-state index is -0.491. The van der Waals surface area contributed by atoms with Crippen LogP contribution >= 0.6 is 47.2 Å². The van der Waals surface area contributed by atoms with Crippen molar-refractivity contribution in [2.75, 3.05) is 30.8 Å². The van der Waals surface area contributed by atoms with Crippen molar-refractivity contribution >= 4 is 69.1 Å². The number of nitrogens with one attached hydrogen (secondary N) is 1. The Hall–Kier alpha value is -1.02. The van der Waals surface area contributed by atoms with Gasteiger partial charge in [0.05, 0.1) is 21.5 Å². The molecule has 142 valence electrons. The highest BCUT2D eigenvalue weighted by Gasteiger charge is 2.19. The molecule has 0 saturated carbocycles. The number of hydrogen-bond donors (Lipinski definition) is 1. The van der Waals surface area contributed by atoms with E-state index in [-0.39, 0.29) is 10.8 Å². The van der Waals surface area contributed by atoms with Gasteiger partial charge in [-0.05, 0) is 30.9 Å². The van der Waals surface area contributed by atoms with Crippen LogP contribution in [0, 0.1) is 5.92 Å². The van der Waals surface area contributed by atoms with E-state index in [1.165, 1.54) is 11.8 Å². The van der Waals surface area contributed by atoms with Crippen molar-refractivity contribution in [3.05, 3.63) is 28.2 Å². The summed E-state index contributed by atoms with van der Waals surface area (Å²) in [7, 11) is 0. The number of nitrogens with zero attached hydrogens (tertiary/aromatic N) is 1. The zero-order valence-corrected chi connectivity index (χ0v) is 17.4. The van der Waals surface area contributed by atoms with Gasteiger partial charge in [0.15, 0.2) is 6.61 Å². The number of carbonyl (C=O) groups is 2. The van der Waals surface area contributed by atoms with Crippen LogP contribution in [0.4, 0.5) is 5.69 Å². The van der Waals surface area contributed by atoms with E-state index in [0.29, 0.717) is 15.0 Å². The van der Waals surface area contributed by atoms with Gasteiger partial charge in [-0.2, -0.15) is 0 Å². The average molecular weight is 435 g/mol. The van der Waals surface area contributed by atoms with Gasteiger partial charge in [0.25, 0.3) is 5.91 Å². The fourth-order valence-corrected chi connectivity index (χ4v) is 3.77. The smallest absolute Gasteiger partial charge is 0.316 e. The Balaban J connectivity index is 1.69. The maximum absolute atomic E-state index is 11.9. The molecular formula is C17H20Cl2N2O3S2. The molecule has 1 aliphatic rings. The van der Waals surface area contributed by atoms with E-state index in [1.807, 2.05) is 0 Å². The molecule has 0 aliphatic carbocycles. The van der Waals surface area contributed by atoms with Gasteiger partial charge < -0.3 is 15.0 Å². The number of thioether (sulfide) groups is 1. The Morgan fingerprint density at radius 2 is 2.04 bits per heavy atom. The van der Waals surface area contributed by atoms with Crippen LogP contribution in [0.15, 0.2) is 18.2 Å². The lowest BCUT2D eigenvalue weighted by atomic mass is 10.00. The quantitative estimate of drug-likeness (QED) is 0.552. The highest BCUT2D eigenvalue weighted by molar-refractivity contribution is 8.23. The summed E-state index contributed by atoms with van der Waals surface area (Å²) in [5, 5.41) is 3.13. The summed E-state index contributed by atoms with van der Waals surface area (Å²) in [5.41, 5.74) is 0.370. The molecule has 1 aromatic carbocycles. The number of likely N-dealkylation sites (tertiary alicyclic amines) is 1. The predicted octanol–water partition coefficient (Wildman–Crippen LogP) is 4.23. The standard InChI is InChI=1S/C17H20Cl2N2O3S2/c1-11-5-7-21(8-6-11)17(25)26-10-15(23)24-9-14(22)20-13-4-2-3-12(18)16(13)19/h2-4,11H,5-10H2,1H3,(H,20,22). The van der Waals surface area contributed by atoms with E-state index < -0.39 is 18.5 Å². The van der Waals surface area contributed by atoms with Gasteiger partial charge in [0.1, 0.15) is 4.32 Å². The maximum atomic E-state index is 11.9. The molecule has 1 aromatic rings. The zero-order valence-electron chi connectivity index (χ0n) is 14.3. The van der Waals surface area contributed by atoms with Crippen LogP contribution in [0.5, 0.6) is 0 Å². The van der Waals surface area contributed by atoms with Crippen molar-refractivity contribution in [2.45, 2.75) is 19.8 Å². The van der Waals surface area contributed by atoms with Gasteiger partial charge in [-0.15, -0.1) is 0 Å². The molecule has 9 heteroatoms. The first-order chi connectivity index (χ1) is 12.4. The molecule has 1 saturated heterocycles. The maximum Gasteiger partial charge on any atom is 0.316 e. The number of thiocarbonyl (C=S) groups is 1. The molecule has 1 fully saturated rings. The van der Waals surface area contributed by atoms with Crippen LogP contribution in [0.1, 0.15) is 19.8 Å². The number of esters is 1. The monoisotopic (exact) mass is 434 g/mol. The Labute approximate surface area is 172 Å². The molecule has 1 N–H and O–H groups in total. The molecule has 26 heavy (non-hydrogen) atoms. The minimum absolute atomic E-state index is 0.0795. The summed E-state index contributed by atoms with van der Waals surface area (Å²) in [6.45, 7) is 3.68. The number of hydrogen-bond acceptors (Lipinski definition) is 5. The van der Waals surface area contributed by atoms with Gasteiger partial charge in [-0.3, -0.25) is 9.59 Å². The number of piperidine rings is 1. The molecular weight excluding hydrogens is 415 g/mol. The second kappa shape index (κ2) is 10.3. The lowest BCUT2D eigenvalue weighted by Gasteiger charge is -2.31. The minimum Gasteiger partial charge on any atom is -0.455 e. The molecule has 1 amide bonds. The predicted molar refractivity (Wildman–Crippen MR) is 111 cm³/mol. The van der Waals surface area contributed by atoms with Crippen LogP contribution in [-0.2, 0) is 14.3 Å². The van der Waals surface area contributed by atoms with Crippen LogP contribution in [0.2, 0.25) is 10.0 Å². The Kier molecular flexibility index (Phi) is 8.47. The summed E-state index contributed by atoms with van der Waals surface area (Å²) in [5.74, 6) is -0.179. The number of rotatable bonds is 5.